The average Bonchev–Trinajstić information content (AvgIpc) is 2.18. The van der Waals surface area contributed by atoms with Crippen molar-refractivity contribution < 1.29 is 9.53 Å². The van der Waals surface area contributed by atoms with Gasteiger partial charge in [-0.1, -0.05) is 18.2 Å². The van der Waals surface area contributed by atoms with Gasteiger partial charge in [0.25, 0.3) is 0 Å². The molecule has 1 rings (SSSR count). The van der Waals surface area contributed by atoms with Crippen molar-refractivity contribution in [3.05, 3.63) is 29.8 Å². The lowest BCUT2D eigenvalue weighted by atomic mass is 10.0. The number of ether oxygens (including phenoxy) is 1. The van der Waals surface area contributed by atoms with Crippen LogP contribution in [0.4, 0.5) is 0 Å². The van der Waals surface area contributed by atoms with E-state index in [4.69, 9.17) is 10.5 Å². The van der Waals surface area contributed by atoms with E-state index < -0.39 is 6.04 Å². The minimum atomic E-state index is -0.417. The number of methoxy groups -OCH3 is 1. The summed E-state index contributed by atoms with van der Waals surface area (Å²) in [6.45, 7) is 1.69. The first kappa shape index (κ1) is 10.7. The SMILES string of the molecule is COc1ccccc1CC(=O)C(C)N. The summed E-state index contributed by atoms with van der Waals surface area (Å²) in [5.74, 6) is 0.760. The van der Waals surface area contributed by atoms with Gasteiger partial charge in [0.2, 0.25) is 0 Å². The van der Waals surface area contributed by atoms with Crippen LogP contribution in [-0.4, -0.2) is 18.9 Å². The van der Waals surface area contributed by atoms with Crippen molar-refractivity contribution in [3.8, 4) is 5.75 Å². The van der Waals surface area contributed by atoms with Crippen LogP contribution in [0.3, 0.4) is 0 Å². The normalized spacial score (nSPS) is 12.2. The lowest BCUT2D eigenvalue weighted by Gasteiger charge is -2.08. The molecule has 1 aromatic rings. The van der Waals surface area contributed by atoms with Crippen molar-refractivity contribution in [1.82, 2.24) is 0 Å². The molecule has 1 atom stereocenters. The molecule has 0 amide bonds. The Labute approximate surface area is 83.9 Å². The van der Waals surface area contributed by atoms with Gasteiger partial charge in [0, 0.05) is 12.0 Å². The molecule has 1 unspecified atom stereocenters. The summed E-state index contributed by atoms with van der Waals surface area (Å²) in [4.78, 5) is 11.4. The Morgan fingerprint density at radius 1 is 1.50 bits per heavy atom. The van der Waals surface area contributed by atoms with Crippen molar-refractivity contribution in [1.29, 1.82) is 0 Å². The van der Waals surface area contributed by atoms with E-state index >= 15 is 0 Å². The Kier molecular flexibility index (Phi) is 3.65. The summed E-state index contributed by atoms with van der Waals surface area (Å²) in [5.41, 5.74) is 6.37. The van der Waals surface area contributed by atoms with E-state index in [1.165, 1.54) is 0 Å². The second-order valence-electron chi connectivity index (χ2n) is 3.24. The zero-order valence-electron chi connectivity index (χ0n) is 8.49. The van der Waals surface area contributed by atoms with Crippen LogP contribution in [0.25, 0.3) is 0 Å². The fraction of sp³-hybridized carbons (Fsp3) is 0.364. The molecule has 0 spiro atoms. The van der Waals surface area contributed by atoms with Crippen molar-refractivity contribution in [2.24, 2.45) is 5.73 Å². The molecule has 3 heteroatoms. The topological polar surface area (TPSA) is 52.3 Å². The molecular formula is C11H15NO2. The maximum Gasteiger partial charge on any atom is 0.153 e. The van der Waals surface area contributed by atoms with Gasteiger partial charge in [0.15, 0.2) is 5.78 Å². The standard InChI is InChI=1S/C11H15NO2/c1-8(12)10(13)7-9-5-3-4-6-11(9)14-2/h3-6,8H,7,12H2,1-2H3. The van der Waals surface area contributed by atoms with E-state index in [1.54, 1.807) is 14.0 Å². The molecule has 0 aliphatic rings. The number of carbonyl (C=O) groups excluding carboxylic acids is 1. The molecule has 0 fully saturated rings. The molecule has 0 saturated heterocycles. The lowest BCUT2D eigenvalue weighted by Crippen LogP contribution is -2.28. The molecule has 0 aromatic heterocycles. The molecule has 0 radical (unpaired) electrons. The molecule has 0 aliphatic carbocycles. The molecule has 1 aromatic carbocycles. The van der Waals surface area contributed by atoms with Crippen molar-refractivity contribution in [2.75, 3.05) is 7.11 Å². The van der Waals surface area contributed by atoms with Crippen LogP contribution in [0.5, 0.6) is 5.75 Å². The number of hydrogen-bond acceptors (Lipinski definition) is 3. The van der Waals surface area contributed by atoms with Crippen LogP contribution in [-0.2, 0) is 11.2 Å². The van der Waals surface area contributed by atoms with Gasteiger partial charge >= 0.3 is 0 Å². The Hall–Kier alpha value is -1.35. The Balaban J connectivity index is 2.80. The van der Waals surface area contributed by atoms with Gasteiger partial charge in [-0.05, 0) is 13.0 Å². The second kappa shape index (κ2) is 4.77. The van der Waals surface area contributed by atoms with E-state index in [-0.39, 0.29) is 5.78 Å². The minimum absolute atomic E-state index is 0.0227. The van der Waals surface area contributed by atoms with Gasteiger partial charge < -0.3 is 10.5 Å². The summed E-state index contributed by atoms with van der Waals surface area (Å²) < 4.78 is 5.13. The predicted molar refractivity (Wildman–Crippen MR) is 55.4 cm³/mol. The van der Waals surface area contributed by atoms with Gasteiger partial charge in [-0.25, -0.2) is 0 Å². The summed E-state index contributed by atoms with van der Waals surface area (Å²) >= 11 is 0. The largest absolute Gasteiger partial charge is 0.496 e. The minimum Gasteiger partial charge on any atom is -0.496 e. The van der Waals surface area contributed by atoms with E-state index in [2.05, 4.69) is 0 Å². The first-order valence-corrected chi connectivity index (χ1v) is 4.55. The number of nitrogens with two attached hydrogens (primary N) is 1. The maximum absolute atomic E-state index is 11.4. The van der Waals surface area contributed by atoms with Crippen molar-refractivity contribution in [3.63, 3.8) is 0 Å². The van der Waals surface area contributed by atoms with Crippen LogP contribution in [0.2, 0.25) is 0 Å². The summed E-state index contributed by atoms with van der Waals surface area (Å²) in [5, 5.41) is 0. The monoisotopic (exact) mass is 193 g/mol. The van der Waals surface area contributed by atoms with Crippen LogP contribution in [0.15, 0.2) is 24.3 Å². The first-order chi connectivity index (χ1) is 6.65. The highest BCUT2D eigenvalue weighted by atomic mass is 16.5. The number of para-hydroxylation sites is 1. The number of Topliss-reactive ketones (excluding diaryl/α,β-unsaturated/α-hetero) is 1. The van der Waals surface area contributed by atoms with Gasteiger partial charge in [-0.2, -0.15) is 0 Å². The van der Waals surface area contributed by atoms with Gasteiger partial charge in [0.1, 0.15) is 5.75 Å². The van der Waals surface area contributed by atoms with Crippen LogP contribution < -0.4 is 10.5 Å². The summed E-state index contributed by atoms with van der Waals surface area (Å²) in [6, 6.07) is 7.05. The molecule has 3 nitrogen and oxygen atoms in total. The third-order valence-corrected chi connectivity index (χ3v) is 2.07. The van der Waals surface area contributed by atoms with E-state index in [9.17, 15) is 4.79 Å². The van der Waals surface area contributed by atoms with E-state index in [0.717, 1.165) is 11.3 Å². The number of carbonyl (C=O) groups is 1. The first-order valence-electron chi connectivity index (χ1n) is 4.55. The summed E-state index contributed by atoms with van der Waals surface area (Å²) in [7, 11) is 1.59. The number of rotatable bonds is 4. The van der Waals surface area contributed by atoms with Gasteiger partial charge in [0.05, 0.1) is 13.2 Å². The fourth-order valence-corrected chi connectivity index (χ4v) is 1.20. The predicted octanol–water partition coefficient (Wildman–Crippen LogP) is 1.15. The maximum atomic E-state index is 11.4. The Bertz CT molecular complexity index is 321. The lowest BCUT2D eigenvalue weighted by molar-refractivity contribution is -0.119. The van der Waals surface area contributed by atoms with Crippen molar-refractivity contribution in [2.45, 2.75) is 19.4 Å². The summed E-state index contributed by atoms with van der Waals surface area (Å²) in [6.07, 6.45) is 0.335. The van der Waals surface area contributed by atoms with E-state index in [1.807, 2.05) is 24.3 Å². The second-order valence-corrected chi connectivity index (χ2v) is 3.24. The highest BCUT2D eigenvalue weighted by molar-refractivity contribution is 5.85. The smallest absolute Gasteiger partial charge is 0.153 e. The molecule has 0 aliphatic heterocycles. The third kappa shape index (κ3) is 2.57. The van der Waals surface area contributed by atoms with Crippen molar-refractivity contribution >= 4 is 5.78 Å². The highest BCUT2D eigenvalue weighted by Crippen LogP contribution is 2.18. The average molecular weight is 193 g/mol. The molecule has 0 bridgehead atoms. The van der Waals surface area contributed by atoms with Crippen LogP contribution in [0, 0.1) is 0 Å². The Morgan fingerprint density at radius 3 is 2.71 bits per heavy atom. The quantitative estimate of drug-likeness (QED) is 0.780. The number of hydrogen-bond donors (Lipinski definition) is 1. The number of ketones is 1. The zero-order chi connectivity index (χ0) is 10.6. The van der Waals surface area contributed by atoms with Crippen LogP contribution >= 0.6 is 0 Å². The van der Waals surface area contributed by atoms with Gasteiger partial charge in [-0.15, -0.1) is 0 Å². The van der Waals surface area contributed by atoms with Crippen LogP contribution in [0.1, 0.15) is 12.5 Å². The number of benzene rings is 1. The molecule has 0 saturated carbocycles. The zero-order valence-corrected chi connectivity index (χ0v) is 8.49. The third-order valence-electron chi connectivity index (χ3n) is 2.07. The molecule has 2 N–H and O–H groups in total. The molecule has 0 heterocycles. The molecule has 14 heavy (non-hydrogen) atoms. The van der Waals surface area contributed by atoms with Gasteiger partial charge in [-0.3, -0.25) is 4.79 Å². The molecule has 76 valence electrons. The highest BCUT2D eigenvalue weighted by Gasteiger charge is 2.11. The molecular weight excluding hydrogens is 178 g/mol. The van der Waals surface area contributed by atoms with E-state index in [0.29, 0.717) is 6.42 Å². The fourth-order valence-electron chi connectivity index (χ4n) is 1.20. The Morgan fingerprint density at radius 2 is 2.14 bits per heavy atom.